The van der Waals surface area contributed by atoms with E-state index >= 15 is 0 Å². The molecule has 0 radical (unpaired) electrons. The Kier molecular flexibility index (Phi) is 6.69. The van der Waals surface area contributed by atoms with Crippen molar-refractivity contribution in [2.45, 2.75) is 6.92 Å². The summed E-state index contributed by atoms with van der Waals surface area (Å²) in [6.45, 7) is 1.98. The summed E-state index contributed by atoms with van der Waals surface area (Å²) in [6, 6.07) is 0. The van der Waals surface area contributed by atoms with Crippen LogP contribution in [0.4, 0.5) is 0 Å². The van der Waals surface area contributed by atoms with Crippen molar-refractivity contribution in [3.05, 3.63) is 34.1 Å². The lowest BCUT2D eigenvalue weighted by Gasteiger charge is -1.94. The fraction of sp³-hybridized carbons (Fsp3) is 0.250. The molecule has 0 unspecified atom stereocenters. The molecule has 0 saturated heterocycles. The van der Waals surface area contributed by atoms with E-state index < -0.39 is 0 Å². The minimum absolute atomic E-state index is 0.874. The van der Waals surface area contributed by atoms with E-state index in [1.807, 2.05) is 35.3 Å². The molecule has 0 aliphatic rings. The van der Waals surface area contributed by atoms with Gasteiger partial charge in [-0.3, -0.25) is 0 Å². The summed E-state index contributed by atoms with van der Waals surface area (Å²) in [5.41, 5.74) is 0. The van der Waals surface area contributed by atoms with E-state index in [0.717, 1.165) is 5.76 Å². The molecule has 0 bridgehead atoms. The van der Waals surface area contributed by atoms with E-state index in [0.29, 0.717) is 0 Å². The number of halogens is 1. The Morgan fingerprint density at radius 3 is 2.50 bits per heavy atom. The zero-order valence-electron chi connectivity index (χ0n) is 6.17. The number of hydrogen-bond donors (Lipinski definition) is 0. The summed E-state index contributed by atoms with van der Waals surface area (Å²) < 4.78 is 6.87. The van der Waals surface area contributed by atoms with E-state index in [2.05, 4.69) is 22.6 Å². The lowest BCUT2D eigenvalue weighted by Crippen LogP contribution is -1.77. The number of hydrogen-bond acceptors (Lipinski definition) is 1. The summed E-state index contributed by atoms with van der Waals surface area (Å²) >= 11 is 2.14. The van der Waals surface area contributed by atoms with Crippen LogP contribution in [0.3, 0.4) is 0 Å². The molecule has 0 aromatic heterocycles. The van der Waals surface area contributed by atoms with Crippen LogP contribution in [0.15, 0.2) is 34.1 Å². The SMILES string of the molecule is C/C=C/C=C\C(=C/I)OC. The molecule has 0 heterocycles. The smallest absolute Gasteiger partial charge is 0.124 e. The Balaban J connectivity index is 3.85. The highest BCUT2D eigenvalue weighted by Crippen LogP contribution is 2.01. The Bertz CT molecular complexity index is 157. The van der Waals surface area contributed by atoms with Crippen LogP contribution in [0.5, 0.6) is 0 Å². The number of rotatable bonds is 3. The van der Waals surface area contributed by atoms with Gasteiger partial charge < -0.3 is 4.74 Å². The average Bonchev–Trinajstić information content (AvgIpc) is 1.99. The molecule has 0 saturated carbocycles. The van der Waals surface area contributed by atoms with Gasteiger partial charge in [0.25, 0.3) is 0 Å². The van der Waals surface area contributed by atoms with Gasteiger partial charge in [0.05, 0.1) is 7.11 Å². The molecule has 1 nitrogen and oxygen atoms in total. The molecule has 0 aromatic rings. The van der Waals surface area contributed by atoms with Gasteiger partial charge in [-0.1, -0.05) is 18.2 Å². The Morgan fingerprint density at radius 2 is 2.10 bits per heavy atom. The zero-order chi connectivity index (χ0) is 7.82. The molecule has 0 aromatic carbocycles. The Morgan fingerprint density at radius 1 is 1.40 bits per heavy atom. The van der Waals surface area contributed by atoms with Crippen LogP contribution in [0.2, 0.25) is 0 Å². The Labute approximate surface area is 75.6 Å². The van der Waals surface area contributed by atoms with E-state index in [4.69, 9.17) is 4.74 Å². The molecule has 0 aliphatic heterocycles. The molecule has 56 valence electrons. The van der Waals surface area contributed by atoms with Crippen molar-refractivity contribution in [3.63, 3.8) is 0 Å². The number of allylic oxidation sites excluding steroid dienone is 4. The van der Waals surface area contributed by atoms with Crippen LogP contribution in [0.25, 0.3) is 0 Å². The van der Waals surface area contributed by atoms with Crippen LogP contribution in [-0.4, -0.2) is 7.11 Å². The largest absolute Gasteiger partial charge is 0.496 e. The fourth-order valence-electron chi connectivity index (χ4n) is 0.410. The molecule has 0 rings (SSSR count). The van der Waals surface area contributed by atoms with E-state index in [1.165, 1.54) is 0 Å². The van der Waals surface area contributed by atoms with Crippen molar-refractivity contribution in [1.82, 2.24) is 0 Å². The van der Waals surface area contributed by atoms with Crippen LogP contribution in [-0.2, 0) is 4.74 Å². The lowest BCUT2D eigenvalue weighted by molar-refractivity contribution is 0.308. The summed E-state index contributed by atoms with van der Waals surface area (Å²) in [5.74, 6) is 0.874. The van der Waals surface area contributed by atoms with Gasteiger partial charge in [0, 0.05) is 4.08 Å². The minimum atomic E-state index is 0.874. The summed E-state index contributed by atoms with van der Waals surface area (Å²) in [4.78, 5) is 0. The molecular weight excluding hydrogens is 239 g/mol. The molecule has 10 heavy (non-hydrogen) atoms. The predicted molar refractivity (Wildman–Crippen MR) is 53.1 cm³/mol. The molecule has 0 spiro atoms. The van der Waals surface area contributed by atoms with Gasteiger partial charge >= 0.3 is 0 Å². The third-order valence-corrected chi connectivity index (χ3v) is 1.52. The maximum atomic E-state index is 4.98. The van der Waals surface area contributed by atoms with Crippen molar-refractivity contribution in [3.8, 4) is 0 Å². The van der Waals surface area contributed by atoms with E-state index in [9.17, 15) is 0 Å². The maximum Gasteiger partial charge on any atom is 0.124 e. The van der Waals surface area contributed by atoms with E-state index in [1.54, 1.807) is 7.11 Å². The second kappa shape index (κ2) is 6.86. The third-order valence-electron chi connectivity index (χ3n) is 0.907. The molecule has 2 heteroatoms. The molecule has 0 atom stereocenters. The monoisotopic (exact) mass is 250 g/mol. The van der Waals surface area contributed by atoms with Gasteiger partial charge in [0.15, 0.2) is 0 Å². The van der Waals surface area contributed by atoms with Gasteiger partial charge in [0.1, 0.15) is 5.76 Å². The van der Waals surface area contributed by atoms with Crippen molar-refractivity contribution < 1.29 is 4.74 Å². The summed E-state index contributed by atoms with van der Waals surface area (Å²) in [7, 11) is 1.66. The van der Waals surface area contributed by atoms with Crippen LogP contribution >= 0.6 is 22.6 Å². The van der Waals surface area contributed by atoms with Crippen molar-refractivity contribution in [2.24, 2.45) is 0 Å². The molecule has 0 aliphatic carbocycles. The highest BCUT2D eigenvalue weighted by Gasteiger charge is 1.81. The van der Waals surface area contributed by atoms with E-state index in [-0.39, 0.29) is 0 Å². The fourth-order valence-corrected chi connectivity index (χ4v) is 0.872. The number of ether oxygens (including phenoxy) is 1. The quantitative estimate of drug-likeness (QED) is 0.425. The normalized spacial score (nSPS) is 13.3. The van der Waals surface area contributed by atoms with Gasteiger partial charge in [-0.2, -0.15) is 0 Å². The van der Waals surface area contributed by atoms with Gasteiger partial charge in [-0.15, -0.1) is 0 Å². The lowest BCUT2D eigenvalue weighted by atomic mass is 10.4. The molecule has 0 fully saturated rings. The first-order valence-corrected chi connectivity index (χ1v) is 4.23. The highest BCUT2D eigenvalue weighted by atomic mass is 127. The molecule has 0 N–H and O–H groups in total. The second-order valence-electron chi connectivity index (χ2n) is 1.60. The first-order chi connectivity index (χ1) is 4.85. The van der Waals surface area contributed by atoms with Crippen LogP contribution in [0.1, 0.15) is 6.92 Å². The maximum absolute atomic E-state index is 4.98. The zero-order valence-corrected chi connectivity index (χ0v) is 8.33. The number of methoxy groups -OCH3 is 1. The topological polar surface area (TPSA) is 9.23 Å². The molecule has 0 amide bonds. The molecular formula is C8H11IO. The highest BCUT2D eigenvalue weighted by molar-refractivity contribution is 14.1. The first-order valence-electron chi connectivity index (χ1n) is 2.99. The minimum Gasteiger partial charge on any atom is -0.496 e. The van der Waals surface area contributed by atoms with Crippen LogP contribution in [0, 0.1) is 0 Å². The standard InChI is InChI=1S/C8H11IO/c1-3-4-5-6-8(7-9)10-2/h3-7H,1-2H3/b4-3+,6-5-,8-7+. The van der Waals surface area contributed by atoms with Gasteiger partial charge in [-0.25, -0.2) is 0 Å². The average molecular weight is 250 g/mol. The first kappa shape index (κ1) is 9.75. The third kappa shape index (κ3) is 4.61. The van der Waals surface area contributed by atoms with Gasteiger partial charge in [0.2, 0.25) is 0 Å². The van der Waals surface area contributed by atoms with Crippen molar-refractivity contribution in [2.75, 3.05) is 7.11 Å². The van der Waals surface area contributed by atoms with Crippen molar-refractivity contribution in [1.29, 1.82) is 0 Å². The summed E-state index contributed by atoms with van der Waals surface area (Å²) in [5, 5.41) is 0. The van der Waals surface area contributed by atoms with Crippen molar-refractivity contribution >= 4 is 22.6 Å². The van der Waals surface area contributed by atoms with Gasteiger partial charge in [-0.05, 0) is 35.6 Å². The predicted octanol–water partition coefficient (Wildman–Crippen LogP) is 3.04. The second-order valence-corrected chi connectivity index (χ2v) is 2.22. The van der Waals surface area contributed by atoms with Crippen LogP contribution < -0.4 is 0 Å². The Hall–Kier alpha value is -0.250. The summed E-state index contributed by atoms with van der Waals surface area (Å²) in [6.07, 6.45) is 7.77.